The lowest BCUT2D eigenvalue weighted by Gasteiger charge is -2.25. The van der Waals surface area contributed by atoms with E-state index in [0.29, 0.717) is 29.3 Å². The summed E-state index contributed by atoms with van der Waals surface area (Å²) in [7, 11) is 0. The lowest BCUT2D eigenvalue weighted by molar-refractivity contribution is 0.372. The average molecular weight is 308 g/mol. The van der Waals surface area contributed by atoms with Gasteiger partial charge in [0.1, 0.15) is 11.4 Å². The number of benzene rings is 1. The number of hydrogen-bond acceptors (Lipinski definition) is 4. The first-order chi connectivity index (χ1) is 9.91. The van der Waals surface area contributed by atoms with Crippen molar-refractivity contribution in [1.82, 2.24) is 9.97 Å². The number of hydrogen-bond donors (Lipinski definition) is 3. The van der Waals surface area contributed by atoms with Crippen molar-refractivity contribution in [2.75, 3.05) is 0 Å². The van der Waals surface area contributed by atoms with Crippen LogP contribution in [0.3, 0.4) is 0 Å². The van der Waals surface area contributed by atoms with Gasteiger partial charge < -0.3 is 15.8 Å². The third-order valence-electron chi connectivity index (χ3n) is 3.75. The maximum Gasteiger partial charge on any atom is 0.262 e. The van der Waals surface area contributed by atoms with Gasteiger partial charge >= 0.3 is 0 Å². The quantitative estimate of drug-likeness (QED) is 0.810. The van der Waals surface area contributed by atoms with E-state index in [0.717, 1.165) is 0 Å². The number of aromatic nitrogens is 2. The van der Waals surface area contributed by atoms with E-state index in [1.807, 2.05) is 13.8 Å². The lowest BCUT2D eigenvalue weighted by atomic mass is 9.93. The molecular weight excluding hydrogens is 290 g/mol. The minimum Gasteiger partial charge on any atom is -0.493 e. The SMILES string of the molecule is CCC(N)(CC)c1nc(O)c(-c2cccc(Cl)c2)c(=O)[nH]1. The summed E-state index contributed by atoms with van der Waals surface area (Å²) in [5.41, 5.74) is 5.61. The Hall–Kier alpha value is -1.85. The predicted molar refractivity (Wildman–Crippen MR) is 83.4 cm³/mol. The fourth-order valence-electron chi connectivity index (χ4n) is 2.19. The largest absolute Gasteiger partial charge is 0.493 e. The van der Waals surface area contributed by atoms with E-state index in [4.69, 9.17) is 17.3 Å². The highest BCUT2D eigenvalue weighted by atomic mass is 35.5. The zero-order chi connectivity index (χ0) is 15.6. The summed E-state index contributed by atoms with van der Waals surface area (Å²) >= 11 is 5.91. The third-order valence-corrected chi connectivity index (χ3v) is 3.98. The van der Waals surface area contributed by atoms with Crippen LogP contribution in [0.1, 0.15) is 32.5 Å². The monoisotopic (exact) mass is 307 g/mol. The van der Waals surface area contributed by atoms with E-state index < -0.39 is 11.1 Å². The molecule has 0 unspecified atom stereocenters. The summed E-state index contributed by atoms with van der Waals surface area (Å²) in [5.74, 6) is -0.0477. The molecule has 1 aromatic heterocycles. The van der Waals surface area contributed by atoms with Gasteiger partial charge in [0.2, 0.25) is 5.88 Å². The van der Waals surface area contributed by atoms with Crippen LogP contribution in [0.15, 0.2) is 29.1 Å². The second-order valence-corrected chi connectivity index (χ2v) is 5.42. The Balaban J connectivity index is 2.61. The Kier molecular flexibility index (Phi) is 4.34. The van der Waals surface area contributed by atoms with Gasteiger partial charge in [-0.15, -0.1) is 0 Å². The van der Waals surface area contributed by atoms with Crippen LogP contribution < -0.4 is 11.3 Å². The molecule has 0 spiro atoms. The molecule has 6 heteroatoms. The van der Waals surface area contributed by atoms with Gasteiger partial charge in [-0.2, -0.15) is 4.98 Å². The van der Waals surface area contributed by atoms with Crippen LogP contribution >= 0.6 is 11.6 Å². The maximum atomic E-state index is 12.3. The third kappa shape index (κ3) is 2.94. The summed E-state index contributed by atoms with van der Waals surface area (Å²) in [5, 5.41) is 10.6. The molecular formula is C15H18ClN3O2. The molecule has 112 valence electrons. The molecule has 1 aromatic carbocycles. The van der Waals surface area contributed by atoms with Crippen molar-refractivity contribution < 1.29 is 5.11 Å². The normalized spacial score (nSPS) is 11.6. The number of halogens is 1. The van der Waals surface area contributed by atoms with Gasteiger partial charge in [-0.1, -0.05) is 37.6 Å². The Labute approximate surface area is 127 Å². The van der Waals surface area contributed by atoms with Crippen molar-refractivity contribution in [3.63, 3.8) is 0 Å². The highest BCUT2D eigenvalue weighted by Gasteiger charge is 2.27. The van der Waals surface area contributed by atoms with Crippen LogP contribution in [0, 0.1) is 0 Å². The van der Waals surface area contributed by atoms with Crippen molar-refractivity contribution in [3.05, 3.63) is 45.5 Å². The zero-order valence-corrected chi connectivity index (χ0v) is 12.7. The Bertz CT molecular complexity index is 708. The molecule has 1 heterocycles. The van der Waals surface area contributed by atoms with E-state index in [1.165, 1.54) is 0 Å². The predicted octanol–water partition coefficient (Wildman–Crippen LogP) is 2.77. The van der Waals surface area contributed by atoms with Gasteiger partial charge in [0.25, 0.3) is 5.56 Å². The van der Waals surface area contributed by atoms with Gasteiger partial charge in [-0.05, 0) is 30.5 Å². The minimum absolute atomic E-state index is 0.0933. The van der Waals surface area contributed by atoms with Crippen LogP contribution in [0.5, 0.6) is 5.88 Å². The zero-order valence-electron chi connectivity index (χ0n) is 12.0. The van der Waals surface area contributed by atoms with Crippen molar-refractivity contribution in [1.29, 1.82) is 0 Å². The molecule has 0 aliphatic rings. The minimum atomic E-state index is -0.760. The number of nitrogens with one attached hydrogen (secondary N) is 1. The molecule has 0 aliphatic heterocycles. The molecule has 0 radical (unpaired) electrons. The van der Waals surface area contributed by atoms with Crippen molar-refractivity contribution >= 4 is 11.6 Å². The topological polar surface area (TPSA) is 92.0 Å². The van der Waals surface area contributed by atoms with E-state index in [1.54, 1.807) is 24.3 Å². The van der Waals surface area contributed by atoms with Crippen molar-refractivity contribution in [3.8, 4) is 17.0 Å². The van der Waals surface area contributed by atoms with E-state index in [-0.39, 0.29) is 11.4 Å². The van der Waals surface area contributed by atoms with Crippen LogP contribution in [0.4, 0.5) is 0 Å². The maximum absolute atomic E-state index is 12.3. The molecule has 0 saturated carbocycles. The number of nitrogens with zero attached hydrogens (tertiary/aromatic N) is 1. The molecule has 0 atom stereocenters. The molecule has 4 N–H and O–H groups in total. The van der Waals surface area contributed by atoms with Gasteiger partial charge in [-0.25, -0.2) is 0 Å². The van der Waals surface area contributed by atoms with E-state index >= 15 is 0 Å². The summed E-state index contributed by atoms with van der Waals surface area (Å²) < 4.78 is 0. The van der Waals surface area contributed by atoms with Gasteiger partial charge in [0, 0.05) is 5.02 Å². The highest BCUT2D eigenvalue weighted by molar-refractivity contribution is 6.30. The molecule has 0 saturated heterocycles. The fourth-order valence-corrected chi connectivity index (χ4v) is 2.38. The Morgan fingerprint density at radius 3 is 2.57 bits per heavy atom. The molecule has 0 bridgehead atoms. The van der Waals surface area contributed by atoms with Gasteiger partial charge in [0.05, 0.1) is 5.54 Å². The van der Waals surface area contributed by atoms with Gasteiger partial charge in [0.15, 0.2) is 0 Å². The molecule has 2 aromatic rings. The molecule has 2 rings (SSSR count). The molecule has 5 nitrogen and oxygen atoms in total. The number of aromatic hydroxyl groups is 1. The number of aromatic amines is 1. The van der Waals surface area contributed by atoms with Crippen LogP contribution in [-0.2, 0) is 5.54 Å². The second kappa shape index (κ2) is 5.87. The summed E-state index contributed by atoms with van der Waals surface area (Å²) in [4.78, 5) is 19.1. The van der Waals surface area contributed by atoms with Crippen molar-refractivity contribution in [2.24, 2.45) is 5.73 Å². The summed E-state index contributed by atoms with van der Waals surface area (Å²) in [6.45, 7) is 3.82. The molecule has 21 heavy (non-hydrogen) atoms. The Morgan fingerprint density at radius 2 is 2.05 bits per heavy atom. The molecule has 0 aliphatic carbocycles. The average Bonchev–Trinajstić information content (AvgIpc) is 2.45. The first-order valence-electron chi connectivity index (χ1n) is 6.80. The molecule has 0 amide bonds. The summed E-state index contributed by atoms with van der Waals surface area (Å²) in [6.07, 6.45) is 1.20. The smallest absolute Gasteiger partial charge is 0.262 e. The number of rotatable bonds is 4. The van der Waals surface area contributed by atoms with Gasteiger partial charge in [-0.3, -0.25) is 4.79 Å². The standard InChI is InChI=1S/C15H18ClN3O2/c1-3-15(17,4-2)14-18-12(20)11(13(21)19-14)9-6-5-7-10(16)8-9/h5-8H,3-4,17H2,1-2H3,(H2,18,19,20,21). The van der Waals surface area contributed by atoms with Crippen molar-refractivity contribution in [2.45, 2.75) is 32.2 Å². The molecule has 0 fully saturated rings. The van der Waals surface area contributed by atoms with E-state index in [2.05, 4.69) is 9.97 Å². The summed E-state index contributed by atoms with van der Waals surface area (Å²) in [6, 6.07) is 6.68. The fraction of sp³-hybridized carbons (Fsp3) is 0.333. The first-order valence-corrected chi connectivity index (χ1v) is 7.17. The number of nitrogens with two attached hydrogens (primary N) is 1. The van der Waals surface area contributed by atoms with Crippen LogP contribution in [-0.4, -0.2) is 15.1 Å². The second-order valence-electron chi connectivity index (χ2n) is 4.99. The highest BCUT2D eigenvalue weighted by Crippen LogP contribution is 2.28. The number of H-pyrrole nitrogens is 1. The van der Waals surface area contributed by atoms with E-state index in [9.17, 15) is 9.90 Å². The Morgan fingerprint density at radius 1 is 1.38 bits per heavy atom. The van der Waals surface area contributed by atoms with Crippen LogP contribution in [0.2, 0.25) is 5.02 Å². The first kappa shape index (κ1) is 15.5. The lowest BCUT2D eigenvalue weighted by Crippen LogP contribution is -2.38. The van der Waals surface area contributed by atoms with Crippen LogP contribution in [0.25, 0.3) is 11.1 Å².